The monoisotopic (exact) mass is 318 g/mol. The molecule has 2 aromatic carbocycles. The van der Waals surface area contributed by atoms with Crippen LogP contribution in [0.3, 0.4) is 0 Å². The van der Waals surface area contributed by atoms with Gasteiger partial charge in [-0.25, -0.2) is 0 Å². The van der Waals surface area contributed by atoms with Crippen LogP contribution in [-0.4, -0.2) is 5.11 Å². The first-order valence-corrected chi connectivity index (χ1v) is 7.64. The maximum atomic E-state index is 5.96. The normalized spacial score (nSPS) is 11.8. The van der Waals surface area contributed by atoms with Crippen molar-refractivity contribution in [2.75, 3.05) is 5.32 Å². The summed E-state index contributed by atoms with van der Waals surface area (Å²) in [6, 6.07) is 14.1. The molecule has 0 heterocycles. The van der Waals surface area contributed by atoms with Crippen LogP contribution in [0.25, 0.3) is 0 Å². The van der Waals surface area contributed by atoms with Crippen LogP contribution in [0, 0.1) is 13.8 Å². The minimum absolute atomic E-state index is 0.142. The summed E-state index contributed by atoms with van der Waals surface area (Å²) in [5.74, 6) is 0. The first-order valence-electron chi connectivity index (χ1n) is 6.86. The third-order valence-corrected chi connectivity index (χ3v) is 3.92. The van der Waals surface area contributed by atoms with Gasteiger partial charge in [0.05, 0.1) is 6.04 Å². The molecule has 110 valence electrons. The molecule has 4 heteroatoms. The molecule has 2 nitrogen and oxygen atoms in total. The molecule has 0 amide bonds. The van der Waals surface area contributed by atoms with Crippen LogP contribution >= 0.6 is 23.8 Å². The van der Waals surface area contributed by atoms with Crippen LogP contribution in [0.15, 0.2) is 42.5 Å². The van der Waals surface area contributed by atoms with E-state index in [0.29, 0.717) is 10.1 Å². The Hall–Kier alpha value is -1.58. The molecule has 0 saturated heterocycles. The highest BCUT2D eigenvalue weighted by atomic mass is 35.5. The summed E-state index contributed by atoms with van der Waals surface area (Å²) in [5, 5.41) is 7.70. The van der Waals surface area contributed by atoms with Gasteiger partial charge in [-0.1, -0.05) is 35.9 Å². The number of halogens is 1. The molecule has 0 bridgehead atoms. The zero-order valence-electron chi connectivity index (χ0n) is 12.4. The summed E-state index contributed by atoms with van der Waals surface area (Å²) in [6.45, 7) is 6.33. The third kappa shape index (κ3) is 4.45. The lowest BCUT2D eigenvalue weighted by atomic mass is 10.0. The number of hydrogen-bond acceptors (Lipinski definition) is 1. The van der Waals surface area contributed by atoms with E-state index in [1.165, 1.54) is 16.7 Å². The summed E-state index contributed by atoms with van der Waals surface area (Å²) >= 11 is 11.3. The Kier molecular flexibility index (Phi) is 5.21. The summed E-state index contributed by atoms with van der Waals surface area (Å²) < 4.78 is 0. The molecule has 2 aromatic rings. The largest absolute Gasteiger partial charge is 0.356 e. The molecule has 2 N–H and O–H groups in total. The van der Waals surface area contributed by atoms with Crippen molar-refractivity contribution in [2.24, 2.45) is 0 Å². The first-order chi connectivity index (χ1) is 9.95. The van der Waals surface area contributed by atoms with Crippen molar-refractivity contribution in [3.8, 4) is 0 Å². The number of aryl methyl sites for hydroxylation is 2. The molecule has 0 fully saturated rings. The van der Waals surface area contributed by atoms with Crippen LogP contribution in [0.5, 0.6) is 0 Å². The lowest BCUT2D eigenvalue weighted by molar-refractivity contribution is 0.721. The topological polar surface area (TPSA) is 24.1 Å². The van der Waals surface area contributed by atoms with Crippen LogP contribution < -0.4 is 10.6 Å². The molecule has 21 heavy (non-hydrogen) atoms. The van der Waals surface area contributed by atoms with Gasteiger partial charge in [-0.15, -0.1) is 0 Å². The van der Waals surface area contributed by atoms with Gasteiger partial charge in [-0.3, -0.25) is 0 Å². The summed E-state index contributed by atoms with van der Waals surface area (Å²) in [7, 11) is 0. The Morgan fingerprint density at radius 1 is 1.10 bits per heavy atom. The van der Waals surface area contributed by atoms with Crippen LogP contribution in [-0.2, 0) is 0 Å². The Labute approximate surface area is 136 Å². The van der Waals surface area contributed by atoms with Gasteiger partial charge < -0.3 is 10.6 Å². The number of anilines is 1. The predicted molar refractivity (Wildman–Crippen MR) is 95.1 cm³/mol. The second-order valence-corrected chi connectivity index (χ2v) is 6.02. The zero-order valence-corrected chi connectivity index (χ0v) is 14.0. The SMILES string of the molecule is Cc1ccc([C@@H](C)NC(=S)Nc2cccc(Cl)c2)cc1C. The smallest absolute Gasteiger partial charge is 0.171 e. The predicted octanol–water partition coefficient (Wildman–Crippen LogP) is 5.00. The second-order valence-electron chi connectivity index (χ2n) is 5.17. The Bertz CT molecular complexity index is 655. The Morgan fingerprint density at radius 2 is 1.86 bits per heavy atom. The summed E-state index contributed by atoms with van der Waals surface area (Å²) in [6.07, 6.45) is 0. The van der Waals surface area contributed by atoms with Crippen molar-refractivity contribution < 1.29 is 0 Å². The second kappa shape index (κ2) is 6.92. The zero-order chi connectivity index (χ0) is 15.4. The van der Waals surface area contributed by atoms with E-state index < -0.39 is 0 Å². The molecule has 2 rings (SSSR count). The van der Waals surface area contributed by atoms with Crippen molar-refractivity contribution in [3.63, 3.8) is 0 Å². The molecule has 0 aliphatic heterocycles. The Morgan fingerprint density at radius 3 is 2.52 bits per heavy atom. The highest BCUT2D eigenvalue weighted by Crippen LogP contribution is 2.18. The van der Waals surface area contributed by atoms with Gasteiger partial charge in [0.25, 0.3) is 0 Å². The molecule has 0 saturated carbocycles. The minimum atomic E-state index is 0.142. The van der Waals surface area contributed by atoms with Gasteiger partial charge >= 0.3 is 0 Å². The maximum absolute atomic E-state index is 5.96. The number of hydrogen-bond donors (Lipinski definition) is 2. The fourth-order valence-corrected chi connectivity index (χ4v) is 2.53. The molecule has 0 spiro atoms. The van der Waals surface area contributed by atoms with Crippen molar-refractivity contribution in [3.05, 3.63) is 64.2 Å². The molecular formula is C17H19ClN2S. The molecular weight excluding hydrogens is 300 g/mol. The number of rotatable bonds is 3. The minimum Gasteiger partial charge on any atom is -0.356 e. The quantitative estimate of drug-likeness (QED) is 0.778. The van der Waals surface area contributed by atoms with E-state index in [1.54, 1.807) is 0 Å². The van der Waals surface area contributed by atoms with Gasteiger partial charge in [0.2, 0.25) is 0 Å². The van der Waals surface area contributed by atoms with E-state index in [1.807, 2.05) is 24.3 Å². The summed E-state index contributed by atoms with van der Waals surface area (Å²) in [4.78, 5) is 0. The van der Waals surface area contributed by atoms with Crippen molar-refractivity contribution in [2.45, 2.75) is 26.8 Å². The van der Waals surface area contributed by atoms with Gasteiger partial charge in [-0.05, 0) is 67.9 Å². The van der Waals surface area contributed by atoms with E-state index in [0.717, 1.165) is 5.69 Å². The highest BCUT2D eigenvalue weighted by molar-refractivity contribution is 7.80. The van der Waals surface area contributed by atoms with Crippen molar-refractivity contribution in [1.29, 1.82) is 0 Å². The fraction of sp³-hybridized carbons (Fsp3) is 0.235. The molecule has 0 unspecified atom stereocenters. The van der Waals surface area contributed by atoms with Crippen molar-refractivity contribution in [1.82, 2.24) is 5.32 Å². The molecule has 0 radical (unpaired) electrons. The molecule has 1 atom stereocenters. The molecule has 0 aromatic heterocycles. The van der Waals surface area contributed by atoms with Gasteiger partial charge in [0, 0.05) is 10.7 Å². The van der Waals surface area contributed by atoms with E-state index >= 15 is 0 Å². The van der Waals surface area contributed by atoms with Gasteiger partial charge in [0.15, 0.2) is 5.11 Å². The van der Waals surface area contributed by atoms with Crippen LogP contribution in [0.1, 0.15) is 29.7 Å². The fourth-order valence-electron chi connectivity index (χ4n) is 2.05. The molecule has 0 aliphatic carbocycles. The number of nitrogens with one attached hydrogen (secondary N) is 2. The van der Waals surface area contributed by atoms with E-state index in [9.17, 15) is 0 Å². The van der Waals surface area contributed by atoms with Gasteiger partial charge in [-0.2, -0.15) is 0 Å². The van der Waals surface area contributed by atoms with Gasteiger partial charge in [0.1, 0.15) is 0 Å². The van der Waals surface area contributed by atoms with E-state index in [4.69, 9.17) is 23.8 Å². The maximum Gasteiger partial charge on any atom is 0.171 e. The lowest BCUT2D eigenvalue weighted by Crippen LogP contribution is -2.30. The Balaban J connectivity index is 2.00. The number of benzene rings is 2. The third-order valence-electron chi connectivity index (χ3n) is 3.46. The van der Waals surface area contributed by atoms with E-state index in [-0.39, 0.29) is 6.04 Å². The number of thiocarbonyl (C=S) groups is 1. The summed E-state index contributed by atoms with van der Waals surface area (Å²) in [5.41, 5.74) is 4.68. The molecule has 0 aliphatic rings. The standard InChI is InChI=1S/C17H19ClN2S/c1-11-7-8-14(9-12(11)2)13(3)19-17(21)20-16-6-4-5-15(18)10-16/h4-10,13H,1-3H3,(H2,19,20,21)/t13-/m1/s1. The lowest BCUT2D eigenvalue weighted by Gasteiger charge is -2.18. The average Bonchev–Trinajstić information content (AvgIpc) is 2.41. The average molecular weight is 319 g/mol. The van der Waals surface area contributed by atoms with Crippen LogP contribution in [0.4, 0.5) is 5.69 Å². The van der Waals surface area contributed by atoms with Crippen molar-refractivity contribution >= 4 is 34.6 Å². The highest BCUT2D eigenvalue weighted by Gasteiger charge is 2.08. The first kappa shape index (κ1) is 15.8. The van der Waals surface area contributed by atoms with E-state index in [2.05, 4.69) is 49.6 Å². The van der Waals surface area contributed by atoms with Crippen LogP contribution in [0.2, 0.25) is 5.02 Å².